The van der Waals surface area contributed by atoms with Gasteiger partial charge in [-0.2, -0.15) is 0 Å². The van der Waals surface area contributed by atoms with E-state index in [1.807, 2.05) is 13.8 Å². The molecule has 2 aromatic rings. The highest BCUT2D eigenvalue weighted by molar-refractivity contribution is 6.35. The monoisotopic (exact) mass is 441 g/mol. The fourth-order valence-corrected chi connectivity index (χ4v) is 2.71. The second-order valence-corrected chi connectivity index (χ2v) is 6.44. The average molecular weight is 442 g/mol. The van der Waals surface area contributed by atoms with Crippen molar-refractivity contribution >= 4 is 40.8 Å². The highest BCUT2D eigenvalue weighted by Crippen LogP contribution is 2.30. The minimum absolute atomic E-state index is 0.267. The van der Waals surface area contributed by atoms with Crippen LogP contribution in [0.2, 0.25) is 10.0 Å². The number of halogens is 2. The van der Waals surface area contributed by atoms with E-state index in [-0.39, 0.29) is 10.8 Å². The largest absolute Gasteiger partial charge is 0.490 e. The lowest BCUT2D eigenvalue weighted by Gasteiger charge is -2.13. The van der Waals surface area contributed by atoms with Gasteiger partial charge in [-0.1, -0.05) is 23.2 Å². The molecule has 0 atom stereocenters. The summed E-state index contributed by atoms with van der Waals surface area (Å²) in [4.78, 5) is 23.8. The molecule has 0 bridgehead atoms. The van der Waals surface area contributed by atoms with Crippen LogP contribution in [0.4, 0.5) is 5.69 Å². The van der Waals surface area contributed by atoms with E-state index in [1.54, 1.807) is 24.3 Å². The third-order valence-corrected chi connectivity index (χ3v) is 3.96. The van der Waals surface area contributed by atoms with Gasteiger partial charge in [0.05, 0.1) is 18.2 Å². The number of hydrogen-bond acceptors (Lipinski definition) is 6. The zero-order chi connectivity index (χ0) is 21.2. The van der Waals surface area contributed by atoms with Gasteiger partial charge in [-0.05, 0) is 44.2 Å². The molecule has 2 rings (SSSR count). The Morgan fingerprint density at radius 2 is 1.55 bits per heavy atom. The molecule has 0 heterocycles. The second kappa shape index (κ2) is 11.4. The van der Waals surface area contributed by atoms with E-state index in [4.69, 9.17) is 42.1 Å². The Balaban J connectivity index is 1.82. The van der Waals surface area contributed by atoms with Crippen molar-refractivity contribution in [2.75, 3.05) is 31.7 Å². The summed E-state index contributed by atoms with van der Waals surface area (Å²) in [5.41, 5.74) is 0.488. The molecule has 0 fully saturated rings. The van der Waals surface area contributed by atoms with Crippen LogP contribution < -0.4 is 19.5 Å². The van der Waals surface area contributed by atoms with Crippen molar-refractivity contribution in [2.24, 2.45) is 0 Å². The van der Waals surface area contributed by atoms with Crippen molar-refractivity contribution in [3.63, 3.8) is 0 Å². The van der Waals surface area contributed by atoms with Gasteiger partial charge >= 0.3 is 5.97 Å². The third-order valence-electron chi connectivity index (χ3n) is 3.43. The maximum absolute atomic E-state index is 12.0. The Hall–Kier alpha value is -2.64. The van der Waals surface area contributed by atoms with Gasteiger partial charge in [-0.15, -0.1) is 0 Å². The normalized spacial score (nSPS) is 10.2. The molecule has 0 saturated heterocycles. The fraction of sp³-hybridized carbons (Fsp3) is 0.300. The molecule has 0 spiro atoms. The minimum Gasteiger partial charge on any atom is -0.490 e. The number of esters is 1. The van der Waals surface area contributed by atoms with E-state index in [0.717, 1.165) is 0 Å². The van der Waals surface area contributed by atoms with E-state index < -0.39 is 25.1 Å². The average Bonchev–Trinajstić information content (AvgIpc) is 2.68. The summed E-state index contributed by atoms with van der Waals surface area (Å²) >= 11 is 11.7. The van der Waals surface area contributed by atoms with E-state index in [1.165, 1.54) is 12.1 Å². The standard InChI is InChI=1S/C20H21Cl2NO6/c1-3-26-17-8-6-14(10-18(17)27-4-2)23-19(24)11-29-20(25)12-28-16-7-5-13(21)9-15(16)22/h5-10H,3-4,11-12H2,1-2H3,(H,23,24). The molecule has 2 aromatic carbocycles. The topological polar surface area (TPSA) is 83.1 Å². The van der Waals surface area contributed by atoms with Gasteiger partial charge in [0.2, 0.25) is 0 Å². The summed E-state index contributed by atoms with van der Waals surface area (Å²) in [7, 11) is 0. The first-order valence-corrected chi connectivity index (χ1v) is 9.61. The van der Waals surface area contributed by atoms with Crippen LogP contribution in [-0.2, 0) is 14.3 Å². The highest BCUT2D eigenvalue weighted by atomic mass is 35.5. The van der Waals surface area contributed by atoms with Gasteiger partial charge in [0.1, 0.15) is 5.75 Å². The number of carbonyl (C=O) groups excluding carboxylic acids is 2. The molecule has 156 valence electrons. The molecule has 0 aliphatic heterocycles. The highest BCUT2D eigenvalue weighted by Gasteiger charge is 2.12. The Morgan fingerprint density at radius 1 is 0.862 bits per heavy atom. The van der Waals surface area contributed by atoms with E-state index >= 15 is 0 Å². The molecular weight excluding hydrogens is 421 g/mol. The zero-order valence-corrected chi connectivity index (χ0v) is 17.5. The van der Waals surface area contributed by atoms with Crippen molar-refractivity contribution < 1.29 is 28.5 Å². The van der Waals surface area contributed by atoms with Crippen LogP contribution in [0.3, 0.4) is 0 Å². The van der Waals surface area contributed by atoms with Crippen LogP contribution in [0.25, 0.3) is 0 Å². The van der Waals surface area contributed by atoms with Gasteiger partial charge in [0, 0.05) is 16.8 Å². The number of rotatable bonds is 10. The molecule has 0 aliphatic carbocycles. The zero-order valence-electron chi connectivity index (χ0n) is 16.0. The molecule has 0 aromatic heterocycles. The predicted octanol–water partition coefficient (Wildman–Crippen LogP) is 4.35. The first-order chi connectivity index (χ1) is 13.9. The van der Waals surface area contributed by atoms with Crippen LogP contribution in [0, 0.1) is 0 Å². The van der Waals surface area contributed by atoms with Crippen molar-refractivity contribution in [3.05, 3.63) is 46.4 Å². The summed E-state index contributed by atoms with van der Waals surface area (Å²) in [6.07, 6.45) is 0. The molecule has 7 nitrogen and oxygen atoms in total. The Bertz CT molecular complexity index is 859. The molecule has 29 heavy (non-hydrogen) atoms. The first-order valence-electron chi connectivity index (χ1n) is 8.85. The van der Waals surface area contributed by atoms with Gasteiger partial charge in [0.25, 0.3) is 5.91 Å². The van der Waals surface area contributed by atoms with Crippen LogP contribution in [0.5, 0.6) is 17.2 Å². The predicted molar refractivity (Wildman–Crippen MR) is 110 cm³/mol. The number of benzene rings is 2. The Morgan fingerprint density at radius 3 is 2.24 bits per heavy atom. The van der Waals surface area contributed by atoms with Crippen LogP contribution in [0.1, 0.15) is 13.8 Å². The molecule has 0 unspecified atom stereocenters. The van der Waals surface area contributed by atoms with E-state index in [9.17, 15) is 9.59 Å². The van der Waals surface area contributed by atoms with Crippen molar-refractivity contribution in [3.8, 4) is 17.2 Å². The molecule has 1 amide bonds. The number of anilines is 1. The summed E-state index contributed by atoms with van der Waals surface area (Å²) in [6, 6.07) is 9.60. The number of amides is 1. The number of hydrogen-bond donors (Lipinski definition) is 1. The molecule has 1 N–H and O–H groups in total. The smallest absolute Gasteiger partial charge is 0.344 e. The van der Waals surface area contributed by atoms with Crippen LogP contribution >= 0.6 is 23.2 Å². The summed E-state index contributed by atoms with van der Waals surface area (Å²) in [5.74, 6) is 0.159. The Kier molecular flexibility index (Phi) is 8.89. The van der Waals surface area contributed by atoms with Crippen molar-refractivity contribution in [1.29, 1.82) is 0 Å². The summed E-state index contributed by atoms with van der Waals surface area (Å²) in [5, 5.41) is 3.34. The maximum Gasteiger partial charge on any atom is 0.344 e. The quantitative estimate of drug-likeness (QED) is 0.551. The molecular formula is C20H21Cl2NO6. The third kappa shape index (κ3) is 7.36. The van der Waals surface area contributed by atoms with Crippen LogP contribution in [0.15, 0.2) is 36.4 Å². The molecule has 0 saturated carbocycles. The molecule has 0 radical (unpaired) electrons. The summed E-state index contributed by atoms with van der Waals surface area (Å²) < 4.78 is 21.1. The van der Waals surface area contributed by atoms with E-state index in [0.29, 0.717) is 35.4 Å². The van der Waals surface area contributed by atoms with Crippen molar-refractivity contribution in [1.82, 2.24) is 0 Å². The van der Waals surface area contributed by atoms with Gasteiger partial charge in [-0.25, -0.2) is 4.79 Å². The van der Waals surface area contributed by atoms with Crippen LogP contribution in [-0.4, -0.2) is 38.3 Å². The number of carbonyl (C=O) groups is 2. The minimum atomic E-state index is -0.715. The molecule has 0 aliphatic rings. The van der Waals surface area contributed by atoms with Gasteiger partial charge in [0.15, 0.2) is 24.7 Å². The van der Waals surface area contributed by atoms with Gasteiger partial charge in [-0.3, -0.25) is 4.79 Å². The lowest BCUT2D eigenvalue weighted by atomic mass is 10.2. The number of nitrogens with one attached hydrogen (secondary N) is 1. The van der Waals surface area contributed by atoms with Crippen molar-refractivity contribution in [2.45, 2.75) is 13.8 Å². The lowest BCUT2D eigenvalue weighted by molar-refractivity contribution is -0.149. The first kappa shape index (κ1) is 22.6. The summed E-state index contributed by atoms with van der Waals surface area (Å²) in [6.45, 7) is 3.79. The second-order valence-electron chi connectivity index (χ2n) is 5.60. The number of ether oxygens (including phenoxy) is 4. The molecule has 9 heteroatoms. The fourth-order valence-electron chi connectivity index (χ4n) is 2.24. The van der Waals surface area contributed by atoms with Gasteiger partial charge < -0.3 is 24.3 Å². The lowest BCUT2D eigenvalue weighted by Crippen LogP contribution is -2.23. The SMILES string of the molecule is CCOc1ccc(NC(=O)COC(=O)COc2ccc(Cl)cc2Cl)cc1OCC. The Labute approximate surface area is 178 Å². The van der Waals surface area contributed by atoms with E-state index in [2.05, 4.69) is 5.32 Å². The maximum atomic E-state index is 12.0.